The minimum atomic E-state index is -0.424. The summed E-state index contributed by atoms with van der Waals surface area (Å²) in [6, 6.07) is 10.6. The van der Waals surface area contributed by atoms with Gasteiger partial charge < -0.3 is 19.1 Å². The Balaban J connectivity index is 1.55. The second-order valence-electron chi connectivity index (χ2n) is 9.75. The Bertz CT molecular complexity index is 568. The van der Waals surface area contributed by atoms with Crippen LogP contribution < -0.4 is 0 Å². The van der Waals surface area contributed by atoms with Crippen LogP contribution in [0.1, 0.15) is 45.6 Å². The maximum Gasteiger partial charge on any atom is 0.126 e. The topological polar surface area (TPSA) is 38.7 Å². The zero-order chi connectivity index (χ0) is 19.3. The monoisotopic (exact) mass is 376 g/mol. The Morgan fingerprint density at radius 1 is 1.19 bits per heavy atom. The third kappa shape index (κ3) is 6.28. The van der Waals surface area contributed by atoms with Gasteiger partial charge in [0.1, 0.15) is 32.3 Å². The number of aliphatic hydroxyl groups excluding tert-OH is 1. The van der Waals surface area contributed by atoms with E-state index in [2.05, 4.69) is 51.1 Å². The second-order valence-corrected chi connectivity index (χ2v) is 9.75. The average Bonchev–Trinajstić information content (AvgIpc) is 2.60. The van der Waals surface area contributed by atoms with Crippen molar-refractivity contribution >= 4 is 0 Å². The summed E-state index contributed by atoms with van der Waals surface area (Å²) in [4.78, 5) is 0. The molecule has 152 valence electrons. The van der Waals surface area contributed by atoms with Gasteiger partial charge in [0.25, 0.3) is 0 Å². The summed E-state index contributed by atoms with van der Waals surface area (Å²) in [5, 5.41) is 10.8. The fraction of sp³-hybridized carbons (Fsp3) is 0.739. The van der Waals surface area contributed by atoms with E-state index in [9.17, 15) is 5.11 Å². The van der Waals surface area contributed by atoms with E-state index in [0.29, 0.717) is 17.9 Å². The summed E-state index contributed by atoms with van der Waals surface area (Å²) in [5.74, 6) is 0.701. The second kappa shape index (κ2) is 9.04. The predicted octanol–water partition coefficient (Wildman–Crippen LogP) is 3.63. The minimum absolute atomic E-state index is 0.283. The van der Waals surface area contributed by atoms with E-state index in [-0.39, 0.29) is 6.10 Å². The molecule has 1 aromatic rings. The lowest BCUT2D eigenvalue weighted by Gasteiger charge is -2.43. The van der Waals surface area contributed by atoms with Crippen molar-refractivity contribution in [2.24, 2.45) is 11.3 Å². The molecule has 0 radical (unpaired) electrons. The highest BCUT2D eigenvalue weighted by Gasteiger charge is 2.35. The molecule has 27 heavy (non-hydrogen) atoms. The van der Waals surface area contributed by atoms with Gasteiger partial charge in [-0.05, 0) is 30.6 Å². The van der Waals surface area contributed by atoms with E-state index in [0.717, 1.165) is 56.7 Å². The van der Waals surface area contributed by atoms with Gasteiger partial charge in [-0.2, -0.15) is 0 Å². The molecule has 4 nitrogen and oxygen atoms in total. The zero-order valence-corrected chi connectivity index (χ0v) is 17.4. The van der Waals surface area contributed by atoms with Crippen LogP contribution in [0.2, 0.25) is 0 Å². The third-order valence-electron chi connectivity index (χ3n) is 6.25. The van der Waals surface area contributed by atoms with Gasteiger partial charge in [-0.15, -0.1) is 0 Å². The lowest BCUT2D eigenvalue weighted by molar-refractivity contribution is -0.950. The number of benzene rings is 1. The molecule has 0 unspecified atom stereocenters. The highest BCUT2D eigenvalue weighted by Crippen LogP contribution is 2.39. The fourth-order valence-corrected chi connectivity index (χ4v) is 5.24. The molecule has 1 saturated carbocycles. The van der Waals surface area contributed by atoms with Crippen LogP contribution in [0.3, 0.4) is 0 Å². The molecule has 2 aliphatic rings. The van der Waals surface area contributed by atoms with E-state index in [1.54, 1.807) is 0 Å². The summed E-state index contributed by atoms with van der Waals surface area (Å²) in [7, 11) is 0. The van der Waals surface area contributed by atoms with Crippen LogP contribution in [0, 0.1) is 11.3 Å². The van der Waals surface area contributed by atoms with Crippen LogP contribution in [0.4, 0.5) is 0 Å². The summed E-state index contributed by atoms with van der Waals surface area (Å²) in [6.07, 6.45) is 3.35. The van der Waals surface area contributed by atoms with Crippen molar-refractivity contribution in [2.45, 2.75) is 58.8 Å². The number of rotatable bonds is 7. The molecular weight excluding hydrogens is 338 g/mol. The maximum atomic E-state index is 10.8. The van der Waals surface area contributed by atoms with Gasteiger partial charge in [0.15, 0.2) is 0 Å². The largest absolute Gasteiger partial charge is 0.385 e. The van der Waals surface area contributed by atoms with Gasteiger partial charge in [-0.1, -0.05) is 51.1 Å². The van der Waals surface area contributed by atoms with Crippen molar-refractivity contribution in [3.8, 4) is 0 Å². The van der Waals surface area contributed by atoms with Crippen LogP contribution in [-0.4, -0.2) is 61.3 Å². The van der Waals surface area contributed by atoms with Gasteiger partial charge in [0.2, 0.25) is 0 Å². The predicted molar refractivity (Wildman–Crippen MR) is 108 cm³/mol. The summed E-state index contributed by atoms with van der Waals surface area (Å²) >= 11 is 0. The molecule has 0 spiro atoms. The first-order valence-corrected chi connectivity index (χ1v) is 10.6. The van der Waals surface area contributed by atoms with Crippen LogP contribution in [0.15, 0.2) is 30.3 Å². The van der Waals surface area contributed by atoms with Gasteiger partial charge in [-0.25, -0.2) is 0 Å². The number of morpholine rings is 1. The van der Waals surface area contributed by atoms with E-state index in [1.165, 1.54) is 12.0 Å². The first kappa shape index (κ1) is 20.8. The molecule has 0 bridgehead atoms. The Labute approximate surface area is 165 Å². The molecule has 1 heterocycles. The number of hydrogen-bond acceptors (Lipinski definition) is 3. The van der Waals surface area contributed by atoms with E-state index < -0.39 is 6.10 Å². The Hall–Kier alpha value is -0.940. The van der Waals surface area contributed by atoms with Crippen molar-refractivity contribution in [3.63, 3.8) is 0 Å². The normalized spacial score (nSPS) is 28.6. The molecule has 1 aliphatic heterocycles. The lowest BCUT2D eigenvalue weighted by atomic mass is 9.71. The molecule has 2 fully saturated rings. The van der Waals surface area contributed by atoms with Gasteiger partial charge in [0.05, 0.1) is 25.9 Å². The molecule has 3 atom stereocenters. The number of quaternary nitrogens is 1. The summed E-state index contributed by atoms with van der Waals surface area (Å²) in [5.41, 5.74) is 1.67. The van der Waals surface area contributed by atoms with Crippen molar-refractivity contribution in [1.29, 1.82) is 0 Å². The zero-order valence-electron chi connectivity index (χ0n) is 17.4. The SMILES string of the molecule is C[C@@H]1C[C@H](OC[C@H](O)C[N+]2(Cc3ccccc3)CCOCC2)CC(C)(C)C1. The van der Waals surface area contributed by atoms with Crippen molar-refractivity contribution < 1.29 is 19.1 Å². The van der Waals surface area contributed by atoms with Crippen molar-refractivity contribution in [1.82, 2.24) is 0 Å². The van der Waals surface area contributed by atoms with Crippen LogP contribution in [-0.2, 0) is 16.0 Å². The average molecular weight is 377 g/mol. The highest BCUT2D eigenvalue weighted by atomic mass is 16.5. The summed E-state index contributed by atoms with van der Waals surface area (Å²) < 4.78 is 12.7. The Kier molecular flexibility index (Phi) is 6.96. The quantitative estimate of drug-likeness (QED) is 0.739. The number of ether oxygens (including phenoxy) is 2. The number of hydrogen-bond donors (Lipinski definition) is 1. The first-order chi connectivity index (χ1) is 12.9. The Morgan fingerprint density at radius 3 is 2.56 bits per heavy atom. The lowest BCUT2D eigenvalue weighted by Crippen LogP contribution is -2.58. The molecule has 1 saturated heterocycles. The third-order valence-corrected chi connectivity index (χ3v) is 6.25. The van der Waals surface area contributed by atoms with E-state index >= 15 is 0 Å². The smallest absolute Gasteiger partial charge is 0.126 e. The van der Waals surface area contributed by atoms with Gasteiger partial charge in [-0.3, -0.25) is 0 Å². The van der Waals surface area contributed by atoms with Crippen molar-refractivity contribution in [2.75, 3.05) is 39.5 Å². The molecule has 1 N–H and O–H groups in total. The fourth-order valence-electron chi connectivity index (χ4n) is 5.24. The summed E-state index contributed by atoms with van der Waals surface area (Å²) in [6.45, 7) is 12.6. The highest BCUT2D eigenvalue weighted by molar-refractivity contribution is 5.13. The molecule has 1 aromatic carbocycles. The minimum Gasteiger partial charge on any atom is -0.385 e. The standard InChI is InChI=1S/C23H38NO3/c1-19-13-22(15-23(2,3)14-19)27-18-21(25)17-24(9-11-26-12-10-24)16-20-7-5-4-6-8-20/h4-8,19,21-22,25H,9-18H2,1-3H3/q+1/t19-,21-,22+/m1/s1. The van der Waals surface area contributed by atoms with Crippen molar-refractivity contribution in [3.05, 3.63) is 35.9 Å². The van der Waals surface area contributed by atoms with E-state index in [1.807, 2.05) is 0 Å². The molecule has 0 amide bonds. The van der Waals surface area contributed by atoms with E-state index in [4.69, 9.17) is 9.47 Å². The Morgan fingerprint density at radius 2 is 1.89 bits per heavy atom. The molecule has 0 aromatic heterocycles. The molecular formula is C23H38NO3+. The van der Waals surface area contributed by atoms with Gasteiger partial charge >= 0.3 is 0 Å². The van der Waals surface area contributed by atoms with Gasteiger partial charge in [0, 0.05) is 5.56 Å². The van der Waals surface area contributed by atoms with Crippen LogP contribution in [0.25, 0.3) is 0 Å². The first-order valence-electron chi connectivity index (χ1n) is 10.6. The number of nitrogens with zero attached hydrogens (tertiary/aromatic N) is 1. The van der Waals surface area contributed by atoms with Crippen LogP contribution >= 0.6 is 0 Å². The van der Waals surface area contributed by atoms with Crippen LogP contribution in [0.5, 0.6) is 0 Å². The molecule has 4 heteroatoms. The maximum absolute atomic E-state index is 10.8. The number of aliphatic hydroxyl groups is 1. The molecule has 1 aliphatic carbocycles. The molecule has 3 rings (SSSR count).